The number of nitrogens with zero attached hydrogens (tertiary/aromatic N) is 1. The number of hydrogen-bond acceptors (Lipinski definition) is 2. The third-order valence-electron chi connectivity index (χ3n) is 4.82. The van der Waals surface area contributed by atoms with Crippen LogP contribution in [0.1, 0.15) is 12.0 Å². The lowest BCUT2D eigenvalue weighted by Gasteiger charge is -2.16. The Labute approximate surface area is 152 Å². The van der Waals surface area contributed by atoms with Gasteiger partial charge in [-0.25, -0.2) is 0 Å². The standard InChI is InChI=1S/C22H20N2O2/c25-21-13-19(15-24(21)14-16-6-2-1-3-7-16)22(26)23-20-11-10-17-8-4-5-9-18(17)12-20/h1-12,19H,13-15H2,(H,23,26). The predicted octanol–water partition coefficient (Wildman–Crippen LogP) is 3.83. The second-order valence-corrected chi connectivity index (χ2v) is 6.71. The zero-order valence-corrected chi connectivity index (χ0v) is 14.4. The maximum absolute atomic E-state index is 12.6. The first-order valence-electron chi connectivity index (χ1n) is 8.80. The molecule has 0 spiro atoms. The van der Waals surface area contributed by atoms with Crippen LogP contribution in [-0.2, 0) is 16.1 Å². The van der Waals surface area contributed by atoms with Gasteiger partial charge >= 0.3 is 0 Å². The maximum Gasteiger partial charge on any atom is 0.229 e. The van der Waals surface area contributed by atoms with Gasteiger partial charge in [0.25, 0.3) is 0 Å². The van der Waals surface area contributed by atoms with Crippen LogP contribution in [0.15, 0.2) is 72.8 Å². The number of rotatable bonds is 4. The van der Waals surface area contributed by atoms with Crippen molar-refractivity contribution in [3.05, 3.63) is 78.4 Å². The second kappa shape index (κ2) is 7.00. The summed E-state index contributed by atoms with van der Waals surface area (Å²) in [6, 6.07) is 23.7. The molecule has 1 saturated heterocycles. The molecule has 1 unspecified atom stereocenters. The largest absolute Gasteiger partial charge is 0.338 e. The van der Waals surface area contributed by atoms with Crippen molar-refractivity contribution >= 4 is 28.3 Å². The Morgan fingerprint density at radius 3 is 2.50 bits per heavy atom. The molecule has 4 heteroatoms. The van der Waals surface area contributed by atoms with E-state index in [4.69, 9.17) is 0 Å². The minimum absolute atomic E-state index is 0.0347. The van der Waals surface area contributed by atoms with E-state index in [-0.39, 0.29) is 24.2 Å². The van der Waals surface area contributed by atoms with E-state index in [1.165, 1.54) is 0 Å². The number of fused-ring (bicyclic) bond motifs is 1. The van der Waals surface area contributed by atoms with Crippen molar-refractivity contribution in [1.29, 1.82) is 0 Å². The van der Waals surface area contributed by atoms with E-state index in [0.29, 0.717) is 13.1 Å². The Morgan fingerprint density at radius 2 is 1.69 bits per heavy atom. The van der Waals surface area contributed by atoms with Crippen LogP contribution in [-0.4, -0.2) is 23.3 Å². The zero-order valence-electron chi connectivity index (χ0n) is 14.4. The van der Waals surface area contributed by atoms with E-state index in [1.807, 2.05) is 72.8 Å². The SMILES string of the molecule is O=C(Nc1ccc2ccccc2c1)C1CC(=O)N(Cc2ccccc2)C1. The van der Waals surface area contributed by atoms with Crippen LogP contribution in [0.25, 0.3) is 10.8 Å². The van der Waals surface area contributed by atoms with Crippen LogP contribution < -0.4 is 5.32 Å². The summed E-state index contributed by atoms with van der Waals surface area (Å²) < 4.78 is 0. The van der Waals surface area contributed by atoms with Gasteiger partial charge in [0.05, 0.1) is 5.92 Å². The molecule has 0 bridgehead atoms. The van der Waals surface area contributed by atoms with Gasteiger partial charge in [0.15, 0.2) is 0 Å². The minimum Gasteiger partial charge on any atom is -0.338 e. The molecule has 1 aliphatic heterocycles. The molecule has 2 amide bonds. The maximum atomic E-state index is 12.6. The monoisotopic (exact) mass is 344 g/mol. The van der Waals surface area contributed by atoms with Crippen LogP contribution in [0.5, 0.6) is 0 Å². The number of likely N-dealkylation sites (tertiary alicyclic amines) is 1. The molecular formula is C22H20N2O2. The normalized spacial score (nSPS) is 16.8. The van der Waals surface area contributed by atoms with Gasteiger partial charge < -0.3 is 10.2 Å². The highest BCUT2D eigenvalue weighted by atomic mass is 16.2. The lowest BCUT2D eigenvalue weighted by molar-refractivity contribution is -0.128. The molecule has 1 atom stereocenters. The molecule has 1 fully saturated rings. The number of carbonyl (C=O) groups excluding carboxylic acids is 2. The first-order chi connectivity index (χ1) is 12.7. The van der Waals surface area contributed by atoms with Gasteiger partial charge in [-0.3, -0.25) is 9.59 Å². The minimum atomic E-state index is -0.308. The fourth-order valence-corrected chi connectivity index (χ4v) is 3.42. The summed E-state index contributed by atoms with van der Waals surface area (Å²) in [5.41, 5.74) is 1.85. The summed E-state index contributed by atoms with van der Waals surface area (Å²) in [6.45, 7) is 1.02. The zero-order chi connectivity index (χ0) is 17.9. The Bertz CT molecular complexity index is 953. The summed E-state index contributed by atoms with van der Waals surface area (Å²) in [5, 5.41) is 5.18. The molecular weight excluding hydrogens is 324 g/mol. The first kappa shape index (κ1) is 16.3. The van der Waals surface area contributed by atoms with Crippen LogP contribution in [0, 0.1) is 5.92 Å². The van der Waals surface area contributed by atoms with Crippen LogP contribution in [0.4, 0.5) is 5.69 Å². The summed E-state index contributed by atoms with van der Waals surface area (Å²) in [7, 11) is 0. The van der Waals surface area contributed by atoms with E-state index in [9.17, 15) is 9.59 Å². The molecule has 3 aromatic rings. The Balaban J connectivity index is 1.42. The van der Waals surface area contributed by atoms with Gasteiger partial charge in [-0.2, -0.15) is 0 Å². The van der Waals surface area contributed by atoms with Crippen LogP contribution in [0.2, 0.25) is 0 Å². The summed E-state index contributed by atoms with van der Waals surface area (Å²) in [6.07, 6.45) is 0.270. The van der Waals surface area contributed by atoms with E-state index in [2.05, 4.69) is 5.32 Å². The predicted molar refractivity (Wildman–Crippen MR) is 103 cm³/mol. The molecule has 26 heavy (non-hydrogen) atoms. The van der Waals surface area contributed by atoms with Crippen molar-refractivity contribution in [3.63, 3.8) is 0 Å². The molecule has 0 aliphatic carbocycles. The summed E-state index contributed by atoms with van der Waals surface area (Å²) in [4.78, 5) is 26.6. The lowest BCUT2D eigenvalue weighted by atomic mass is 10.1. The molecule has 130 valence electrons. The molecule has 4 rings (SSSR count). The molecule has 0 aromatic heterocycles. The molecule has 4 nitrogen and oxygen atoms in total. The van der Waals surface area contributed by atoms with Crippen molar-refractivity contribution in [2.75, 3.05) is 11.9 Å². The van der Waals surface area contributed by atoms with Gasteiger partial charge in [0.1, 0.15) is 0 Å². The fraction of sp³-hybridized carbons (Fsp3) is 0.182. The van der Waals surface area contributed by atoms with Crippen LogP contribution >= 0.6 is 0 Å². The van der Waals surface area contributed by atoms with Gasteiger partial charge in [0.2, 0.25) is 11.8 Å². The topological polar surface area (TPSA) is 49.4 Å². The molecule has 1 heterocycles. The lowest BCUT2D eigenvalue weighted by Crippen LogP contribution is -2.28. The van der Waals surface area contributed by atoms with Gasteiger partial charge in [0, 0.05) is 25.2 Å². The van der Waals surface area contributed by atoms with Crippen molar-refractivity contribution in [2.45, 2.75) is 13.0 Å². The van der Waals surface area contributed by atoms with E-state index < -0.39 is 0 Å². The fourth-order valence-electron chi connectivity index (χ4n) is 3.42. The van der Waals surface area contributed by atoms with Gasteiger partial charge in [-0.15, -0.1) is 0 Å². The Kier molecular flexibility index (Phi) is 4.40. The number of amides is 2. The smallest absolute Gasteiger partial charge is 0.229 e. The first-order valence-corrected chi connectivity index (χ1v) is 8.80. The van der Waals surface area contributed by atoms with Gasteiger partial charge in [-0.05, 0) is 28.5 Å². The second-order valence-electron chi connectivity index (χ2n) is 6.71. The van der Waals surface area contributed by atoms with Gasteiger partial charge in [-0.1, -0.05) is 60.7 Å². The average Bonchev–Trinajstić information content (AvgIpc) is 3.03. The number of nitrogens with one attached hydrogen (secondary N) is 1. The van der Waals surface area contributed by atoms with Crippen LogP contribution in [0.3, 0.4) is 0 Å². The number of hydrogen-bond donors (Lipinski definition) is 1. The molecule has 0 saturated carbocycles. The van der Waals surface area contributed by atoms with Crippen molar-refractivity contribution in [3.8, 4) is 0 Å². The average molecular weight is 344 g/mol. The Hall–Kier alpha value is -3.14. The summed E-state index contributed by atoms with van der Waals surface area (Å²) >= 11 is 0. The van der Waals surface area contributed by atoms with E-state index in [0.717, 1.165) is 22.0 Å². The van der Waals surface area contributed by atoms with Crippen molar-refractivity contribution in [1.82, 2.24) is 4.90 Å². The highest BCUT2D eigenvalue weighted by molar-refractivity contribution is 5.98. The third-order valence-corrected chi connectivity index (χ3v) is 4.82. The number of benzene rings is 3. The molecule has 0 radical (unpaired) electrons. The molecule has 1 aliphatic rings. The Morgan fingerprint density at radius 1 is 0.962 bits per heavy atom. The van der Waals surface area contributed by atoms with E-state index in [1.54, 1.807) is 4.90 Å². The highest BCUT2D eigenvalue weighted by Gasteiger charge is 2.34. The number of anilines is 1. The van der Waals surface area contributed by atoms with Crippen molar-refractivity contribution in [2.24, 2.45) is 5.92 Å². The third kappa shape index (κ3) is 3.45. The molecule has 1 N–H and O–H groups in total. The summed E-state index contributed by atoms with van der Waals surface area (Å²) in [5.74, 6) is -0.366. The number of carbonyl (C=O) groups is 2. The van der Waals surface area contributed by atoms with Crippen molar-refractivity contribution < 1.29 is 9.59 Å². The van der Waals surface area contributed by atoms with E-state index >= 15 is 0 Å². The highest BCUT2D eigenvalue weighted by Crippen LogP contribution is 2.23. The quantitative estimate of drug-likeness (QED) is 0.782. The molecule has 3 aromatic carbocycles.